The molecule has 0 atom stereocenters. The Bertz CT molecular complexity index is 340. The van der Waals surface area contributed by atoms with Gasteiger partial charge in [0.25, 0.3) is 0 Å². The van der Waals surface area contributed by atoms with Crippen molar-refractivity contribution < 1.29 is 0 Å². The van der Waals surface area contributed by atoms with Gasteiger partial charge in [-0.2, -0.15) is 0 Å². The maximum Gasteiger partial charge on any atom is 0.0500 e. The number of nitrogens with one attached hydrogen (secondary N) is 1. The molecule has 0 spiro atoms. The maximum absolute atomic E-state index is 5.87. The van der Waals surface area contributed by atoms with Gasteiger partial charge in [-0.15, -0.1) is 0 Å². The first-order valence-electron chi connectivity index (χ1n) is 5.69. The third-order valence-electron chi connectivity index (χ3n) is 3.41. The average Bonchev–Trinajstić information content (AvgIpc) is 2.18. The highest BCUT2D eigenvalue weighted by molar-refractivity contribution is 5.52. The molecular weight excluding hydrogens is 184 g/mol. The fourth-order valence-electron chi connectivity index (χ4n) is 2.59. The molecule has 0 amide bonds. The monoisotopic (exact) mass is 204 g/mol. The van der Waals surface area contributed by atoms with Crippen LogP contribution in [0.1, 0.15) is 25.3 Å². The molecule has 2 rings (SSSR count). The Morgan fingerprint density at radius 2 is 2.07 bits per heavy atom. The molecule has 0 aromatic heterocycles. The van der Waals surface area contributed by atoms with E-state index < -0.39 is 0 Å². The van der Waals surface area contributed by atoms with E-state index in [9.17, 15) is 0 Å². The van der Waals surface area contributed by atoms with Crippen LogP contribution in [-0.4, -0.2) is 12.1 Å². The van der Waals surface area contributed by atoms with Crippen molar-refractivity contribution in [1.82, 2.24) is 0 Å². The Balaban J connectivity index is 2.11. The lowest BCUT2D eigenvalue weighted by atomic mass is 9.69. The predicted molar refractivity (Wildman–Crippen MR) is 65.0 cm³/mol. The van der Waals surface area contributed by atoms with E-state index in [1.165, 1.54) is 24.1 Å². The van der Waals surface area contributed by atoms with E-state index in [-0.39, 0.29) is 5.54 Å². The third kappa shape index (κ3) is 2.00. The lowest BCUT2D eigenvalue weighted by Crippen LogP contribution is -2.55. The van der Waals surface area contributed by atoms with Gasteiger partial charge in [-0.25, -0.2) is 0 Å². The molecule has 0 radical (unpaired) electrons. The van der Waals surface area contributed by atoms with Gasteiger partial charge < -0.3 is 11.1 Å². The van der Waals surface area contributed by atoms with Crippen LogP contribution in [-0.2, 0) is 0 Å². The van der Waals surface area contributed by atoms with E-state index in [1.807, 2.05) is 0 Å². The number of benzene rings is 1. The Hall–Kier alpha value is -1.02. The van der Waals surface area contributed by atoms with Crippen molar-refractivity contribution in [1.29, 1.82) is 0 Å². The Morgan fingerprint density at radius 1 is 1.40 bits per heavy atom. The van der Waals surface area contributed by atoms with Crippen LogP contribution in [0.15, 0.2) is 24.3 Å². The molecule has 0 unspecified atom stereocenters. The second kappa shape index (κ2) is 3.86. The largest absolute Gasteiger partial charge is 0.378 e. The minimum Gasteiger partial charge on any atom is -0.378 e. The van der Waals surface area contributed by atoms with Gasteiger partial charge in [0.2, 0.25) is 0 Å². The van der Waals surface area contributed by atoms with Crippen molar-refractivity contribution in [3.63, 3.8) is 0 Å². The second-order valence-corrected chi connectivity index (χ2v) is 4.94. The van der Waals surface area contributed by atoms with Crippen LogP contribution in [0.3, 0.4) is 0 Å². The van der Waals surface area contributed by atoms with Gasteiger partial charge >= 0.3 is 0 Å². The number of anilines is 1. The zero-order valence-electron chi connectivity index (χ0n) is 9.59. The van der Waals surface area contributed by atoms with E-state index in [2.05, 4.69) is 43.4 Å². The summed E-state index contributed by atoms with van der Waals surface area (Å²) in [4.78, 5) is 0. The summed E-state index contributed by atoms with van der Waals surface area (Å²) in [5.41, 5.74) is 8.55. The van der Waals surface area contributed by atoms with Crippen molar-refractivity contribution in [2.24, 2.45) is 11.7 Å². The molecule has 0 bridgehead atoms. The standard InChI is InChI=1S/C13H20N2/c1-10-7-13(8-10,9-14)15-12-6-4-3-5-11(12)2/h3-6,10,15H,7-9,14H2,1-2H3. The molecule has 15 heavy (non-hydrogen) atoms. The number of hydrogen-bond acceptors (Lipinski definition) is 2. The normalized spacial score (nSPS) is 29.7. The molecule has 82 valence electrons. The SMILES string of the molecule is Cc1ccccc1NC1(CN)CC(C)C1. The van der Waals surface area contributed by atoms with E-state index in [1.54, 1.807) is 0 Å². The summed E-state index contributed by atoms with van der Waals surface area (Å²) >= 11 is 0. The van der Waals surface area contributed by atoms with Crippen LogP contribution in [0, 0.1) is 12.8 Å². The summed E-state index contributed by atoms with van der Waals surface area (Å²) in [5, 5.41) is 3.62. The molecule has 2 nitrogen and oxygen atoms in total. The molecule has 0 saturated heterocycles. The Kier molecular flexibility index (Phi) is 2.70. The number of aryl methyl sites for hydroxylation is 1. The van der Waals surface area contributed by atoms with Crippen molar-refractivity contribution in [2.45, 2.75) is 32.2 Å². The van der Waals surface area contributed by atoms with Gasteiger partial charge in [-0.1, -0.05) is 25.1 Å². The second-order valence-electron chi connectivity index (χ2n) is 4.94. The first kappa shape index (κ1) is 10.5. The van der Waals surface area contributed by atoms with Crippen molar-refractivity contribution in [3.05, 3.63) is 29.8 Å². The summed E-state index contributed by atoms with van der Waals surface area (Å²) in [6.45, 7) is 5.15. The number of hydrogen-bond donors (Lipinski definition) is 2. The molecule has 1 aromatic rings. The van der Waals surface area contributed by atoms with Crippen molar-refractivity contribution >= 4 is 5.69 Å². The van der Waals surface area contributed by atoms with Crippen LogP contribution in [0.2, 0.25) is 0 Å². The Labute approximate surface area is 91.9 Å². The predicted octanol–water partition coefficient (Wildman–Crippen LogP) is 2.53. The quantitative estimate of drug-likeness (QED) is 0.794. The smallest absolute Gasteiger partial charge is 0.0500 e. The van der Waals surface area contributed by atoms with E-state index in [0.29, 0.717) is 0 Å². The molecule has 2 heteroatoms. The van der Waals surface area contributed by atoms with E-state index >= 15 is 0 Å². The number of rotatable bonds is 3. The van der Waals surface area contributed by atoms with Crippen LogP contribution < -0.4 is 11.1 Å². The van der Waals surface area contributed by atoms with Gasteiger partial charge in [0.1, 0.15) is 0 Å². The highest BCUT2D eigenvalue weighted by Crippen LogP contribution is 2.39. The molecule has 1 aromatic carbocycles. The van der Waals surface area contributed by atoms with Crippen LogP contribution in [0.25, 0.3) is 0 Å². The highest BCUT2D eigenvalue weighted by atomic mass is 15.0. The molecule has 0 aliphatic heterocycles. The zero-order valence-corrected chi connectivity index (χ0v) is 9.59. The first-order valence-corrected chi connectivity index (χ1v) is 5.69. The van der Waals surface area contributed by atoms with Gasteiger partial charge in [-0.05, 0) is 37.3 Å². The molecule has 3 N–H and O–H groups in total. The molecule has 1 fully saturated rings. The molecule has 1 aliphatic carbocycles. The fraction of sp³-hybridized carbons (Fsp3) is 0.538. The van der Waals surface area contributed by atoms with E-state index in [0.717, 1.165) is 12.5 Å². The van der Waals surface area contributed by atoms with Crippen molar-refractivity contribution in [3.8, 4) is 0 Å². The zero-order chi connectivity index (χ0) is 10.9. The first-order chi connectivity index (χ1) is 7.15. The van der Waals surface area contributed by atoms with Crippen molar-refractivity contribution in [2.75, 3.05) is 11.9 Å². The average molecular weight is 204 g/mol. The summed E-state index contributed by atoms with van der Waals surface area (Å²) in [5.74, 6) is 0.810. The topological polar surface area (TPSA) is 38.0 Å². The van der Waals surface area contributed by atoms with Gasteiger partial charge in [-0.3, -0.25) is 0 Å². The summed E-state index contributed by atoms with van der Waals surface area (Å²) in [6.07, 6.45) is 2.38. The minimum absolute atomic E-state index is 0.158. The molecule has 0 heterocycles. The van der Waals surface area contributed by atoms with Crippen LogP contribution in [0.5, 0.6) is 0 Å². The summed E-state index contributed by atoms with van der Waals surface area (Å²) < 4.78 is 0. The number of nitrogens with two attached hydrogens (primary N) is 1. The molecular formula is C13H20N2. The summed E-state index contributed by atoms with van der Waals surface area (Å²) in [6, 6.07) is 8.41. The Morgan fingerprint density at radius 3 is 2.60 bits per heavy atom. The lowest BCUT2D eigenvalue weighted by molar-refractivity contribution is 0.194. The van der Waals surface area contributed by atoms with E-state index in [4.69, 9.17) is 5.73 Å². The van der Waals surface area contributed by atoms with Crippen LogP contribution in [0.4, 0.5) is 5.69 Å². The van der Waals surface area contributed by atoms with Gasteiger partial charge in [0.05, 0.1) is 5.54 Å². The van der Waals surface area contributed by atoms with Gasteiger partial charge in [0.15, 0.2) is 0 Å². The van der Waals surface area contributed by atoms with Gasteiger partial charge in [0, 0.05) is 12.2 Å². The third-order valence-corrected chi connectivity index (χ3v) is 3.41. The molecule has 1 aliphatic rings. The fourth-order valence-corrected chi connectivity index (χ4v) is 2.59. The summed E-state index contributed by atoms with van der Waals surface area (Å²) in [7, 11) is 0. The number of para-hydroxylation sites is 1. The maximum atomic E-state index is 5.87. The minimum atomic E-state index is 0.158. The highest BCUT2D eigenvalue weighted by Gasteiger charge is 2.40. The molecule has 1 saturated carbocycles. The lowest BCUT2D eigenvalue weighted by Gasteiger charge is -2.47. The van der Waals surface area contributed by atoms with Crippen LogP contribution >= 0.6 is 0 Å².